The Hall–Kier alpha value is -3.21. The molecule has 11 heteroatoms. The number of halogens is 1. The third kappa shape index (κ3) is 11.9. The van der Waals surface area contributed by atoms with Gasteiger partial charge < -0.3 is 20.5 Å². The molecule has 2 aliphatic carbocycles. The van der Waals surface area contributed by atoms with Crippen LogP contribution in [0.2, 0.25) is 0 Å². The molecule has 0 amide bonds. The van der Waals surface area contributed by atoms with Gasteiger partial charge in [0.1, 0.15) is 0 Å². The van der Waals surface area contributed by atoms with E-state index in [1.807, 2.05) is 45.0 Å². The molecule has 0 bridgehead atoms. The average molecular weight is 753 g/mol. The normalized spacial score (nSPS) is 21.6. The van der Waals surface area contributed by atoms with Gasteiger partial charge in [0.05, 0.1) is 24.6 Å². The van der Waals surface area contributed by atoms with Crippen LogP contribution in [0.1, 0.15) is 78.4 Å². The number of esters is 2. The standard InChI is InChI=1S/C20H26N2O2S.C13H18ClNO2S.C7H9N/c1-5-24-19(23)17-12-25-18-15(10-20(3,4)11-16(18)22-17)21-14-8-6-13(2)7-9-14;1-4-17-12(16)10-7-18-11-8(14)5-13(2,3)6-9(11)15-10;1-6-2-4-7(8)5-3-6/h6-9,17,21H,5,10-12H2,1-4H3;10H,4-7H2,1-3H3;2-5H,8H2,1H3/t17-;10-;/m00./s1. The molecule has 51 heavy (non-hydrogen) atoms. The quantitative estimate of drug-likeness (QED) is 0.222. The molecular formula is C40H53ClN4O4S2. The van der Waals surface area contributed by atoms with E-state index in [-0.39, 0.29) is 34.9 Å². The van der Waals surface area contributed by atoms with Crippen molar-refractivity contribution in [2.24, 2.45) is 20.8 Å². The molecule has 0 fully saturated rings. The number of carbonyl (C=O) groups excluding carboxylic acids is 2. The number of nitrogens with two attached hydrogens (primary N) is 1. The zero-order chi connectivity index (χ0) is 37.3. The predicted molar refractivity (Wildman–Crippen MR) is 217 cm³/mol. The number of anilines is 2. The molecule has 0 unspecified atom stereocenters. The highest BCUT2D eigenvalue weighted by atomic mass is 35.5. The summed E-state index contributed by atoms with van der Waals surface area (Å²) in [6, 6.07) is 15.5. The first kappa shape index (κ1) is 40.6. The van der Waals surface area contributed by atoms with Gasteiger partial charge in [0.25, 0.3) is 0 Å². The van der Waals surface area contributed by atoms with Crippen molar-refractivity contribution < 1.29 is 19.1 Å². The van der Waals surface area contributed by atoms with Crippen LogP contribution in [-0.4, -0.2) is 60.2 Å². The van der Waals surface area contributed by atoms with Crippen molar-refractivity contribution in [3.8, 4) is 0 Å². The lowest BCUT2D eigenvalue weighted by atomic mass is 9.78. The lowest BCUT2D eigenvalue weighted by Crippen LogP contribution is -2.34. The molecule has 0 spiro atoms. The van der Waals surface area contributed by atoms with Gasteiger partial charge in [-0.3, -0.25) is 9.98 Å². The van der Waals surface area contributed by atoms with Gasteiger partial charge in [0.2, 0.25) is 0 Å². The van der Waals surface area contributed by atoms with Crippen molar-refractivity contribution in [2.75, 3.05) is 35.8 Å². The van der Waals surface area contributed by atoms with Gasteiger partial charge in [-0.1, -0.05) is 74.7 Å². The van der Waals surface area contributed by atoms with Crippen LogP contribution in [-0.2, 0) is 19.1 Å². The maximum atomic E-state index is 12.1. The van der Waals surface area contributed by atoms with Crippen molar-refractivity contribution >= 4 is 69.9 Å². The number of hydrogen-bond acceptors (Lipinski definition) is 10. The van der Waals surface area contributed by atoms with Crippen molar-refractivity contribution in [3.63, 3.8) is 0 Å². The third-order valence-electron chi connectivity index (χ3n) is 8.56. The number of aryl methyl sites for hydroxylation is 2. The van der Waals surface area contributed by atoms with Gasteiger partial charge in [-0.2, -0.15) is 0 Å². The van der Waals surface area contributed by atoms with E-state index in [2.05, 4.69) is 69.2 Å². The van der Waals surface area contributed by atoms with Crippen LogP contribution < -0.4 is 11.1 Å². The average Bonchev–Trinajstić information content (AvgIpc) is 3.06. The second-order valence-corrected chi connectivity index (χ2v) is 17.3. The van der Waals surface area contributed by atoms with Crippen LogP contribution in [0.15, 0.2) is 79.1 Å². The Kier molecular flexibility index (Phi) is 14.3. The molecule has 4 aliphatic rings. The topological polar surface area (TPSA) is 115 Å². The van der Waals surface area contributed by atoms with Crippen molar-refractivity contribution in [1.82, 2.24) is 0 Å². The third-order valence-corrected chi connectivity index (χ3v) is 11.5. The fourth-order valence-corrected chi connectivity index (χ4v) is 8.91. The summed E-state index contributed by atoms with van der Waals surface area (Å²) in [7, 11) is 0. The van der Waals surface area contributed by atoms with Gasteiger partial charge in [-0.05, 0) is 88.5 Å². The van der Waals surface area contributed by atoms with Gasteiger partial charge in [0.15, 0.2) is 12.1 Å². The Morgan fingerprint density at radius 1 is 0.765 bits per heavy atom. The summed E-state index contributed by atoms with van der Waals surface area (Å²) in [6.45, 7) is 17.4. The maximum absolute atomic E-state index is 12.1. The SMILES string of the molecule is CCOC(=O)[C@@H]1CSC2=C(Cl)CC(C)(C)CC2=N1.CCOC(=O)[C@@H]1CSC2=C(Nc3ccc(C)cc3)CC(C)(C)CC2=N1.Cc1ccc(N)cc1. The number of benzene rings is 2. The van der Waals surface area contributed by atoms with Crippen LogP contribution in [0.5, 0.6) is 0 Å². The lowest BCUT2D eigenvalue weighted by Gasteiger charge is -2.36. The summed E-state index contributed by atoms with van der Waals surface area (Å²) < 4.78 is 10.2. The van der Waals surface area contributed by atoms with Crippen molar-refractivity contribution in [1.29, 1.82) is 0 Å². The number of aliphatic imine (C=N–C) groups is 2. The predicted octanol–water partition coefficient (Wildman–Crippen LogP) is 9.51. The number of rotatable bonds is 6. The highest BCUT2D eigenvalue weighted by Gasteiger charge is 2.37. The molecule has 8 nitrogen and oxygen atoms in total. The second-order valence-electron chi connectivity index (χ2n) is 14.8. The highest BCUT2D eigenvalue weighted by Crippen LogP contribution is 2.45. The summed E-state index contributed by atoms with van der Waals surface area (Å²) in [6.07, 6.45) is 3.64. The van der Waals surface area contributed by atoms with E-state index in [9.17, 15) is 9.59 Å². The fraction of sp³-hybridized carbons (Fsp3) is 0.500. The molecule has 2 aliphatic heterocycles. The molecule has 2 aromatic rings. The molecule has 2 heterocycles. The van der Waals surface area contributed by atoms with Crippen LogP contribution in [0, 0.1) is 24.7 Å². The second kappa shape index (κ2) is 18.0. The summed E-state index contributed by atoms with van der Waals surface area (Å²) in [5.41, 5.74) is 13.3. The summed E-state index contributed by atoms with van der Waals surface area (Å²) in [5, 5.41) is 4.48. The Morgan fingerprint density at radius 3 is 1.71 bits per heavy atom. The smallest absolute Gasteiger partial charge is 0.331 e. The molecule has 3 N–H and O–H groups in total. The van der Waals surface area contributed by atoms with Crippen LogP contribution in [0.25, 0.3) is 0 Å². The highest BCUT2D eigenvalue weighted by molar-refractivity contribution is 8.04. The first-order chi connectivity index (χ1) is 24.1. The molecule has 0 saturated carbocycles. The van der Waals surface area contributed by atoms with E-state index in [1.165, 1.54) is 21.7 Å². The van der Waals surface area contributed by atoms with E-state index in [0.29, 0.717) is 24.7 Å². The molecule has 2 aromatic carbocycles. The molecule has 276 valence electrons. The number of carbonyl (C=O) groups is 2. The largest absolute Gasteiger partial charge is 0.464 e. The maximum Gasteiger partial charge on any atom is 0.331 e. The Balaban J connectivity index is 0.000000194. The van der Waals surface area contributed by atoms with Crippen molar-refractivity contribution in [3.05, 3.63) is 80.2 Å². The minimum absolute atomic E-state index is 0.118. The van der Waals surface area contributed by atoms with Gasteiger partial charge in [-0.25, -0.2) is 9.59 Å². The van der Waals surface area contributed by atoms with E-state index in [1.54, 1.807) is 23.5 Å². The molecule has 6 rings (SSSR count). The van der Waals surface area contributed by atoms with Gasteiger partial charge >= 0.3 is 11.9 Å². The minimum atomic E-state index is -0.377. The fourth-order valence-electron chi connectivity index (χ4n) is 6.09. The lowest BCUT2D eigenvalue weighted by molar-refractivity contribution is -0.144. The van der Waals surface area contributed by atoms with Crippen LogP contribution in [0.4, 0.5) is 11.4 Å². The first-order valence-corrected chi connectivity index (χ1v) is 19.9. The Bertz CT molecular complexity index is 1660. The van der Waals surface area contributed by atoms with E-state index in [0.717, 1.165) is 58.4 Å². The Labute approximate surface area is 317 Å². The number of hydrogen-bond donors (Lipinski definition) is 2. The Morgan fingerprint density at radius 2 is 1.22 bits per heavy atom. The molecule has 0 saturated heterocycles. The summed E-state index contributed by atoms with van der Waals surface area (Å²) >= 11 is 9.69. The minimum Gasteiger partial charge on any atom is -0.464 e. The number of fused-ring (bicyclic) bond motifs is 2. The van der Waals surface area contributed by atoms with Crippen LogP contribution in [0.3, 0.4) is 0 Å². The van der Waals surface area contributed by atoms with E-state index < -0.39 is 0 Å². The first-order valence-electron chi connectivity index (χ1n) is 17.6. The zero-order valence-corrected chi connectivity index (χ0v) is 33.6. The zero-order valence-electron chi connectivity index (χ0n) is 31.2. The van der Waals surface area contributed by atoms with Gasteiger partial charge in [-0.15, -0.1) is 23.5 Å². The number of nitrogen functional groups attached to an aromatic ring is 1. The number of nitrogens with one attached hydrogen (secondary N) is 1. The molecule has 2 atom stereocenters. The van der Waals surface area contributed by atoms with E-state index in [4.69, 9.17) is 31.8 Å². The summed E-state index contributed by atoms with van der Waals surface area (Å²) in [4.78, 5) is 35.4. The van der Waals surface area contributed by atoms with E-state index >= 15 is 0 Å². The molecular weight excluding hydrogens is 700 g/mol. The number of allylic oxidation sites excluding steroid dienone is 4. The number of ether oxygens (including phenoxy) is 2. The number of nitrogens with zero attached hydrogens (tertiary/aromatic N) is 2. The summed E-state index contributed by atoms with van der Waals surface area (Å²) in [5.74, 6) is 0.847. The monoisotopic (exact) mass is 752 g/mol. The number of thioether (sulfide) groups is 2. The van der Waals surface area contributed by atoms with Gasteiger partial charge in [0, 0.05) is 43.4 Å². The van der Waals surface area contributed by atoms with Crippen molar-refractivity contribution in [2.45, 2.75) is 93.2 Å². The van der Waals surface area contributed by atoms with Crippen LogP contribution >= 0.6 is 35.1 Å². The molecule has 0 radical (unpaired) electrons. The molecule has 0 aromatic heterocycles.